The number of hydrogen-bond donors (Lipinski definition) is 2. The molecule has 0 radical (unpaired) electrons. The van der Waals surface area contributed by atoms with E-state index in [1.54, 1.807) is 11.7 Å². The van der Waals surface area contributed by atoms with Crippen LogP contribution in [0, 0.1) is 6.92 Å². The van der Waals surface area contributed by atoms with Gasteiger partial charge in [0.05, 0.1) is 17.6 Å². The molecule has 0 spiro atoms. The maximum atomic E-state index is 12.0. The molecule has 3 heterocycles. The first-order valence-electron chi connectivity index (χ1n) is 7.49. The molecular weight excluding hydrogens is 318 g/mol. The van der Waals surface area contributed by atoms with Crippen molar-refractivity contribution in [2.75, 3.05) is 18.9 Å². The largest absolute Gasteiger partial charge is 0.376 e. The minimum atomic E-state index is -0.291. The number of thioether (sulfide) groups is 1. The Morgan fingerprint density at radius 2 is 2.35 bits per heavy atom. The van der Waals surface area contributed by atoms with E-state index in [1.807, 2.05) is 6.92 Å². The number of aromatic amines is 1. The molecule has 3 rings (SSSR count). The zero-order chi connectivity index (χ0) is 16.4. The van der Waals surface area contributed by atoms with E-state index in [0.29, 0.717) is 22.7 Å². The van der Waals surface area contributed by atoms with E-state index in [-0.39, 0.29) is 23.3 Å². The highest BCUT2D eigenvalue weighted by molar-refractivity contribution is 7.99. The highest BCUT2D eigenvalue weighted by atomic mass is 32.2. The number of H-pyrrole nitrogens is 1. The standard InChI is InChI=1S/C14H19N5O3S/c1-8-11-12(18-19(8)2)13(21)17-14(16-11)23-7-10(20)15-6-9-4-3-5-22-9/h9H,3-7H2,1-2H3,(H,15,20)(H,16,17,21)/t9-/m0/s1. The summed E-state index contributed by atoms with van der Waals surface area (Å²) in [4.78, 5) is 30.9. The number of carbonyl (C=O) groups is 1. The summed E-state index contributed by atoms with van der Waals surface area (Å²) >= 11 is 1.20. The van der Waals surface area contributed by atoms with E-state index >= 15 is 0 Å². The first kappa shape index (κ1) is 16.0. The van der Waals surface area contributed by atoms with E-state index in [0.717, 1.165) is 25.1 Å². The molecule has 23 heavy (non-hydrogen) atoms. The average Bonchev–Trinajstić information content (AvgIpc) is 3.14. The molecule has 1 atom stereocenters. The zero-order valence-electron chi connectivity index (χ0n) is 13.1. The lowest BCUT2D eigenvalue weighted by Gasteiger charge is -2.10. The Morgan fingerprint density at radius 3 is 3.09 bits per heavy atom. The molecule has 2 aromatic rings. The summed E-state index contributed by atoms with van der Waals surface area (Å²) in [5.41, 5.74) is 1.41. The van der Waals surface area contributed by atoms with Crippen LogP contribution < -0.4 is 10.9 Å². The van der Waals surface area contributed by atoms with Crippen molar-refractivity contribution in [2.45, 2.75) is 31.0 Å². The maximum absolute atomic E-state index is 12.0. The van der Waals surface area contributed by atoms with Gasteiger partial charge in [-0.25, -0.2) is 4.98 Å². The molecule has 1 aliphatic rings. The molecular formula is C14H19N5O3S. The lowest BCUT2D eigenvalue weighted by molar-refractivity contribution is -0.119. The van der Waals surface area contributed by atoms with Gasteiger partial charge in [-0.05, 0) is 19.8 Å². The highest BCUT2D eigenvalue weighted by Crippen LogP contribution is 2.16. The van der Waals surface area contributed by atoms with Gasteiger partial charge in [0.2, 0.25) is 5.91 Å². The third-order valence-corrected chi connectivity index (χ3v) is 4.72. The third-order valence-electron chi connectivity index (χ3n) is 3.84. The Kier molecular flexibility index (Phi) is 4.67. The number of rotatable bonds is 5. The van der Waals surface area contributed by atoms with E-state index in [9.17, 15) is 9.59 Å². The zero-order valence-corrected chi connectivity index (χ0v) is 13.9. The first-order valence-corrected chi connectivity index (χ1v) is 8.48. The molecule has 1 amide bonds. The molecule has 0 aliphatic carbocycles. The smallest absolute Gasteiger partial charge is 0.279 e. The molecule has 0 saturated carbocycles. The summed E-state index contributed by atoms with van der Waals surface area (Å²) in [5.74, 6) is 0.0941. The van der Waals surface area contributed by atoms with Gasteiger partial charge in [-0.3, -0.25) is 19.3 Å². The van der Waals surface area contributed by atoms with Crippen LogP contribution in [0.1, 0.15) is 18.5 Å². The van der Waals surface area contributed by atoms with Gasteiger partial charge in [0.1, 0.15) is 5.52 Å². The van der Waals surface area contributed by atoms with Crippen molar-refractivity contribution in [3.8, 4) is 0 Å². The third kappa shape index (κ3) is 3.56. The summed E-state index contributed by atoms with van der Waals surface area (Å²) in [7, 11) is 1.77. The van der Waals surface area contributed by atoms with Gasteiger partial charge in [-0.1, -0.05) is 11.8 Å². The fourth-order valence-corrected chi connectivity index (χ4v) is 3.15. The molecule has 2 aromatic heterocycles. The second-order valence-corrected chi connectivity index (χ2v) is 6.47. The van der Waals surface area contributed by atoms with Gasteiger partial charge in [-0.2, -0.15) is 5.10 Å². The quantitative estimate of drug-likeness (QED) is 0.603. The fraction of sp³-hybridized carbons (Fsp3) is 0.571. The van der Waals surface area contributed by atoms with Crippen molar-refractivity contribution in [1.82, 2.24) is 25.1 Å². The number of hydrogen-bond acceptors (Lipinski definition) is 6. The van der Waals surface area contributed by atoms with Crippen molar-refractivity contribution in [3.05, 3.63) is 16.0 Å². The number of aromatic nitrogens is 4. The molecule has 8 nitrogen and oxygen atoms in total. The van der Waals surface area contributed by atoms with E-state index in [2.05, 4.69) is 20.4 Å². The highest BCUT2D eigenvalue weighted by Gasteiger charge is 2.17. The van der Waals surface area contributed by atoms with E-state index in [1.165, 1.54) is 11.8 Å². The van der Waals surface area contributed by atoms with Gasteiger partial charge < -0.3 is 10.1 Å². The molecule has 1 aliphatic heterocycles. The second kappa shape index (κ2) is 6.71. The number of nitrogens with one attached hydrogen (secondary N) is 2. The Balaban J connectivity index is 1.61. The van der Waals surface area contributed by atoms with Crippen molar-refractivity contribution in [3.63, 3.8) is 0 Å². The predicted molar refractivity (Wildman–Crippen MR) is 86.6 cm³/mol. The van der Waals surface area contributed by atoms with Crippen LogP contribution in [0.5, 0.6) is 0 Å². The van der Waals surface area contributed by atoms with Crippen LogP contribution in [0.25, 0.3) is 11.0 Å². The summed E-state index contributed by atoms with van der Waals surface area (Å²) < 4.78 is 7.08. The molecule has 0 unspecified atom stereocenters. The number of fused-ring (bicyclic) bond motifs is 1. The fourth-order valence-electron chi connectivity index (χ4n) is 2.46. The van der Waals surface area contributed by atoms with Crippen LogP contribution in [-0.4, -0.2) is 50.7 Å². The van der Waals surface area contributed by atoms with Crippen LogP contribution in [-0.2, 0) is 16.6 Å². The Labute approximate surface area is 137 Å². The van der Waals surface area contributed by atoms with Gasteiger partial charge >= 0.3 is 0 Å². The van der Waals surface area contributed by atoms with Crippen LogP contribution in [0.3, 0.4) is 0 Å². The molecule has 1 saturated heterocycles. The van der Waals surface area contributed by atoms with Gasteiger partial charge in [-0.15, -0.1) is 0 Å². The van der Waals surface area contributed by atoms with Gasteiger partial charge in [0.25, 0.3) is 5.56 Å². The van der Waals surface area contributed by atoms with Crippen LogP contribution in [0.4, 0.5) is 0 Å². The number of amides is 1. The van der Waals surface area contributed by atoms with Crippen molar-refractivity contribution < 1.29 is 9.53 Å². The van der Waals surface area contributed by atoms with E-state index in [4.69, 9.17) is 4.74 Å². The predicted octanol–water partition coefficient (Wildman–Crippen LogP) is 0.352. The number of ether oxygens (including phenoxy) is 1. The molecule has 1 fully saturated rings. The molecule has 124 valence electrons. The summed E-state index contributed by atoms with van der Waals surface area (Å²) in [6, 6.07) is 0. The van der Waals surface area contributed by atoms with Crippen LogP contribution in [0.15, 0.2) is 9.95 Å². The first-order chi connectivity index (χ1) is 11.0. The molecule has 2 N–H and O–H groups in total. The van der Waals surface area contributed by atoms with E-state index < -0.39 is 0 Å². The Bertz CT molecular complexity index is 779. The molecule has 9 heteroatoms. The summed E-state index contributed by atoms with van der Waals surface area (Å²) in [6.07, 6.45) is 2.15. The Hall–Kier alpha value is -1.87. The number of carbonyl (C=O) groups excluding carboxylic acids is 1. The average molecular weight is 337 g/mol. The Morgan fingerprint density at radius 1 is 1.52 bits per heavy atom. The number of nitrogens with zero attached hydrogens (tertiary/aromatic N) is 3. The van der Waals surface area contributed by atoms with Gasteiger partial charge in [0, 0.05) is 20.2 Å². The van der Waals surface area contributed by atoms with Crippen molar-refractivity contribution in [1.29, 1.82) is 0 Å². The van der Waals surface area contributed by atoms with Crippen LogP contribution >= 0.6 is 11.8 Å². The van der Waals surface area contributed by atoms with Crippen molar-refractivity contribution in [2.24, 2.45) is 7.05 Å². The maximum Gasteiger partial charge on any atom is 0.279 e. The number of aryl methyl sites for hydroxylation is 2. The topological polar surface area (TPSA) is 102 Å². The summed E-state index contributed by atoms with van der Waals surface area (Å²) in [6.45, 7) is 3.15. The lowest BCUT2D eigenvalue weighted by Crippen LogP contribution is -2.33. The SMILES string of the molecule is Cc1c2nc(SCC(=O)NC[C@@H]3CCCO3)[nH]c(=O)c2nn1C. The molecule has 0 aromatic carbocycles. The van der Waals surface area contributed by atoms with Gasteiger partial charge in [0.15, 0.2) is 10.7 Å². The molecule has 0 bridgehead atoms. The second-order valence-electron chi connectivity index (χ2n) is 5.51. The minimum absolute atomic E-state index is 0.101. The normalized spacial score (nSPS) is 17.7. The minimum Gasteiger partial charge on any atom is -0.376 e. The summed E-state index contributed by atoms with van der Waals surface area (Å²) in [5, 5.41) is 7.39. The lowest BCUT2D eigenvalue weighted by atomic mass is 10.2. The monoisotopic (exact) mass is 337 g/mol. The van der Waals surface area contributed by atoms with Crippen molar-refractivity contribution >= 4 is 28.7 Å². The van der Waals surface area contributed by atoms with Crippen LogP contribution in [0.2, 0.25) is 0 Å².